The average Bonchev–Trinajstić information content (AvgIpc) is 2.53. The van der Waals surface area contributed by atoms with E-state index in [-0.39, 0.29) is 0 Å². The molecule has 0 atom stereocenters. The molecular weight excluding hydrogens is 296 g/mol. The van der Waals surface area contributed by atoms with E-state index in [1.807, 2.05) is 61.5 Å². The van der Waals surface area contributed by atoms with Crippen LogP contribution in [0.2, 0.25) is 0 Å². The second kappa shape index (κ2) is 7.09. The van der Waals surface area contributed by atoms with Crippen molar-refractivity contribution in [3.63, 3.8) is 0 Å². The van der Waals surface area contributed by atoms with Gasteiger partial charge in [-0.25, -0.2) is 0 Å². The zero-order chi connectivity index (χ0) is 16.0. The molecule has 22 heavy (non-hydrogen) atoms. The van der Waals surface area contributed by atoms with Crippen LogP contribution in [-0.4, -0.2) is 8.42 Å². The molecule has 2 rings (SSSR count). The van der Waals surface area contributed by atoms with E-state index >= 15 is 0 Å². The minimum atomic E-state index is -3.75. The van der Waals surface area contributed by atoms with Crippen molar-refractivity contribution in [1.29, 1.82) is 0 Å². The van der Waals surface area contributed by atoms with Gasteiger partial charge in [0.25, 0.3) is 0 Å². The first kappa shape index (κ1) is 16.0. The molecule has 0 aliphatic rings. The molecule has 3 nitrogen and oxygen atoms in total. The van der Waals surface area contributed by atoms with Gasteiger partial charge in [-0.1, -0.05) is 60.2 Å². The lowest BCUT2D eigenvalue weighted by Crippen LogP contribution is -1.96. The molecular formula is C18H18O3S. The van der Waals surface area contributed by atoms with Gasteiger partial charge < -0.3 is 4.18 Å². The van der Waals surface area contributed by atoms with E-state index in [0.717, 1.165) is 27.7 Å². The average molecular weight is 314 g/mol. The van der Waals surface area contributed by atoms with E-state index in [1.54, 1.807) is 6.92 Å². The van der Waals surface area contributed by atoms with Crippen LogP contribution in [-0.2, 0) is 14.3 Å². The van der Waals surface area contributed by atoms with Gasteiger partial charge in [-0.15, -0.1) is 0 Å². The van der Waals surface area contributed by atoms with E-state index in [2.05, 4.69) is 0 Å². The Morgan fingerprint density at radius 3 is 2.27 bits per heavy atom. The second-order valence-electron chi connectivity index (χ2n) is 4.97. The molecule has 0 saturated heterocycles. The normalized spacial score (nSPS) is 12.5. The first-order valence-corrected chi connectivity index (χ1v) is 8.34. The molecule has 0 radical (unpaired) electrons. The van der Waals surface area contributed by atoms with Gasteiger partial charge in [0, 0.05) is 0 Å². The monoisotopic (exact) mass is 314 g/mol. The smallest absolute Gasteiger partial charge is 0.331 e. The van der Waals surface area contributed by atoms with Crippen LogP contribution in [0.1, 0.15) is 23.6 Å². The maximum Gasteiger partial charge on any atom is 0.331 e. The van der Waals surface area contributed by atoms with E-state index < -0.39 is 10.1 Å². The van der Waals surface area contributed by atoms with Crippen LogP contribution in [0.5, 0.6) is 0 Å². The summed E-state index contributed by atoms with van der Waals surface area (Å²) >= 11 is 0. The molecule has 0 aliphatic heterocycles. The molecule has 0 aliphatic carbocycles. The Kier molecular flexibility index (Phi) is 5.17. The van der Waals surface area contributed by atoms with Crippen molar-refractivity contribution in [3.8, 4) is 0 Å². The summed E-state index contributed by atoms with van der Waals surface area (Å²) < 4.78 is 28.6. The van der Waals surface area contributed by atoms with Crippen molar-refractivity contribution in [3.05, 3.63) is 83.0 Å². The maximum absolute atomic E-state index is 11.9. The largest absolute Gasteiger partial charge is 0.387 e. The highest BCUT2D eigenvalue weighted by atomic mass is 32.2. The maximum atomic E-state index is 11.9. The van der Waals surface area contributed by atoms with Crippen molar-refractivity contribution in [1.82, 2.24) is 0 Å². The molecule has 2 aromatic rings. The molecule has 0 fully saturated rings. The van der Waals surface area contributed by atoms with Crippen LogP contribution in [0.15, 0.2) is 66.3 Å². The van der Waals surface area contributed by atoms with Crippen LogP contribution in [0.3, 0.4) is 0 Å². The van der Waals surface area contributed by atoms with Gasteiger partial charge in [0.05, 0.1) is 5.41 Å². The summed E-state index contributed by atoms with van der Waals surface area (Å²) in [5, 5.41) is 1.06. The number of hydrogen-bond acceptors (Lipinski definition) is 3. The third-order valence-corrected chi connectivity index (χ3v) is 3.93. The molecule has 0 saturated carbocycles. The Balaban J connectivity index is 2.06. The van der Waals surface area contributed by atoms with Crippen molar-refractivity contribution < 1.29 is 12.6 Å². The highest BCUT2D eigenvalue weighted by molar-refractivity contribution is 7.89. The Morgan fingerprint density at radius 2 is 1.64 bits per heavy atom. The second-order valence-corrected chi connectivity index (χ2v) is 6.42. The minimum absolute atomic E-state index is 0.743. The fourth-order valence-electron chi connectivity index (χ4n) is 1.78. The Morgan fingerprint density at radius 1 is 1.00 bits per heavy atom. The van der Waals surface area contributed by atoms with Gasteiger partial charge >= 0.3 is 10.1 Å². The van der Waals surface area contributed by atoms with Gasteiger partial charge in [0.15, 0.2) is 0 Å². The number of rotatable bonds is 5. The highest BCUT2D eigenvalue weighted by Crippen LogP contribution is 2.14. The van der Waals surface area contributed by atoms with Crippen molar-refractivity contribution >= 4 is 21.8 Å². The van der Waals surface area contributed by atoms with Crippen LogP contribution in [0, 0.1) is 6.92 Å². The summed E-state index contributed by atoms with van der Waals surface area (Å²) in [5.74, 6) is 0. The van der Waals surface area contributed by atoms with Crippen molar-refractivity contribution in [2.75, 3.05) is 0 Å². The van der Waals surface area contributed by atoms with Gasteiger partial charge in [0.1, 0.15) is 6.26 Å². The van der Waals surface area contributed by atoms with Crippen molar-refractivity contribution in [2.24, 2.45) is 0 Å². The molecule has 0 bridgehead atoms. The summed E-state index contributed by atoms with van der Waals surface area (Å²) in [6.45, 7) is 3.78. The summed E-state index contributed by atoms with van der Waals surface area (Å²) in [5.41, 5.74) is 3.59. The standard InChI is InChI=1S/C18H18O3S/c1-15-8-10-17(11-9-15)12-13-22(19,20)21-14-16(2)18-6-4-3-5-7-18/h3-14H,1-2H3. The molecule has 0 amide bonds. The summed E-state index contributed by atoms with van der Waals surface area (Å²) in [4.78, 5) is 0. The Hall–Kier alpha value is -2.33. The topological polar surface area (TPSA) is 43.4 Å². The van der Waals surface area contributed by atoms with Crippen LogP contribution in [0.25, 0.3) is 11.6 Å². The highest BCUT2D eigenvalue weighted by Gasteiger charge is 2.05. The molecule has 0 spiro atoms. The lowest BCUT2D eigenvalue weighted by atomic mass is 10.1. The fourth-order valence-corrected chi connectivity index (χ4v) is 2.45. The van der Waals surface area contributed by atoms with Gasteiger partial charge in [-0.2, -0.15) is 8.42 Å². The lowest BCUT2D eigenvalue weighted by Gasteiger charge is -2.02. The summed E-state index contributed by atoms with van der Waals surface area (Å²) in [6, 6.07) is 17.0. The zero-order valence-electron chi connectivity index (χ0n) is 12.6. The zero-order valence-corrected chi connectivity index (χ0v) is 13.4. The molecule has 4 heteroatoms. The molecule has 2 aromatic carbocycles. The van der Waals surface area contributed by atoms with E-state index in [0.29, 0.717) is 0 Å². The van der Waals surface area contributed by atoms with E-state index in [4.69, 9.17) is 4.18 Å². The van der Waals surface area contributed by atoms with Crippen molar-refractivity contribution in [2.45, 2.75) is 13.8 Å². The Bertz CT molecular complexity index is 771. The van der Waals surface area contributed by atoms with Crippen LogP contribution >= 0.6 is 0 Å². The predicted octanol–water partition coefficient (Wildman–Crippen LogP) is 4.37. The summed E-state index contributed by atoms with van der Waals surface area (Å²) in [6.07, 6.45) is 2.77. The molecule has 0 aromatic heterocycles. The molecule has 0 unspecified atom stereocenters. The lowest BCUT2D eigenvalue weighted by molar-refractivity contribution is 0.454. The third kappa shape index (κ3) is 4.90. The fraction of sp³-hybridized carbons (Fsp3) is 0.111. The molecule has 0 heterocycles. The van der Waals surface area contributed by atoms with E-state index in [1.165, 1.54) is 12.3 Å². The third-order valence-electron chi connectivity index (χ3n) is 3.09. The summed E-state index contributed by atoms with van der Waals surface area (Å²) in [7, 11) is -3.75. The number of hydrogen-bond donors (Lipinski definition) is 0. The predicted molar refractivity (Wildman–Crippen MR) is 90.3 cm³/mol. The number of aryl methyl sites for hydroxylation is 1. The van der Waals surface area contributed by atoms with Crippen LogP contribution < -0.4 is 0 Å². The number of benzene rings is 2. The quantitative estimate of drug-likeness (QED) is 0.608. The SMILES string of the molecule is CC(=COS(=O)(=O)C=Cc1ccc(C)cc1)c1ccccc1. The van der Waals surface area contributed by atoms with Gasteiger partial charge in [-0.05, 0) is 36.6 Å². The van der Waals surface area contributed by atoms with E-state index in [9.17, 15) is 8.42 Å². The first-order valence-electron chi connectivity index (χ1n) is 6.86. The molecule has 114 valence electrons. The first-order chi connectivity index (χ1) is 10.5. The van der Waals surface area contributed by atoms with Gasteiger partial charge in [0.2, 0.25) is 0 Å². The van der Waals surface area contributed by atoms with Crippen LogP contribution in [0.4, 0.5) is 0 Å². The molecule has 0 N–H and O–H groups in total. The number of allylic oxidation sites excluding steroid dienone is 1. The van der Waals surface area contributed by atoms with Gasteiger partial charge in [-0.3, -0.25) is 0 Å². The minimum Gasteiger partial charge on any atom is -0.387 e. The Labute approximate surface area is 131 Å².